The van der Waals surface area contributed by atoms with Gasteiger partial charge in [0.2, 0.25) is 0 Å². The molecule has 1 aromatic heterocycles. The lowest BCUT2D eigenvalue weighted by Gasteiger charge is -2.11. The number of ether oxygens (including phenoxy) is 2. The maximum Gasteiger partial charge on any atom is 0.338 e. The van der Waals surface area contributed by atoms with E-state index in [-0.39, 0.29) is 35.9 Å². The molecule has 1 aromatic carbocycles. The molecule has 26 heavy (non-hydrogen) atoms. The molecule has 0 aliphatic carbocycles. The quantitative estimate of drug-likeness (QED) is 0.605. The van der Waals surface area contributed by atoms with Gasteiger partial charge >= 0.3 is 5.97 Å². The van der Waals surface area contributed by atoms with Crippen LogP contribution in [0, 0.1) is 0 Å². The SMILES string of the molecule is O=C(OC[C@H]1CCCO1)c1ccc2c(c1)C(=O)N(Cc1ccco1)C2=O. The van der Waals surface area contributed by atoms with Crippen LogP contribution in [0.4, 0.5) is 0 Å². The van der Waals surface area contributed by atoms with Gasteiger partial charge in [0.1, 0.15) is 12.4 Å². The summed E-state index contributed by atoms with van der Waals surface area (Å²) in [6.07, 6.45) is 3.24. The Kier molecular flexibility index (Phi) is 4.30. The fraction of sp³-hybridized carbons (Fsp3) is 0.316. The maximum atomic E-state index is 12.6. The monoisotopic (exact) mass is 355 g/mol. The second-order valence-electron chi connectivity index (χ2n) is 6.27. The van der Waals surface area contributed by atoms with Crippen molar-refractivity contribution in [1.29, 1.82) is 0 Å². The molecular formula is C19H17NO6. The summed E-state index contributed by atoms with van der Waals surface area (Å²) in [6.45, 7) is 0.925. The van der Waals surface area contributed by atoms with Gasteiger partial charge < -0.3 is 13.9 Å². The molecular weight excluding hydrogens is 338 g/mol. The van der Waals surface area contributed by atoms with Gasteiger partial charge in [-0.2, -0.15) is 0 Å². The number of nitrogens with zero attached hydrogens (tertiary/aromatic N) is 1. The number of fused-ring (bicyclic) bond motifs is 1. The smallest absolute Gasteiger partial charge is 0.338 e. The molecule has 1 fully saturated rings. The number of furan rings is 1. The molecule has 2 aliphatic rings. The number of carbonyl (C=O) groups excluding carboxylic acids is 3. The summed E-state index contributed by atoms with van der Waals surface area (Å²) in [5, 5.41) is 0. The van der Waals surface area contributed by atoms with Crippen molar-refractivity contribution in [2.75, 3.05) is 13.2 Å². The van der Waals surface area contributed by atoms with E-state index in [9.17, 15) is 14.4 Å². The summed E-state index contributed by atoms with van der Waals surface area (Å²) in [7, 11) is 0. The topological polar surface area (TPSA) is 86.1 Å². The van der Waals surface area contributed by atoms with Crippen molar-refractivity contribution in [1.82, 2.24) is 4.90 Å². The van der Waals surface area contributed by atoms with Crippen molar-refractivity contribution in [2.45, 2.75) is 25.5 Å². The highest BCUT2D eigenvalue weighted by molar-refractivity contribution is 6.21. The zero-order valence-electron chi connectivity index (χ0n) is 14.0. The number of carbonyl (C=O) groups is 3. The van der Waals surface area contributed by atoms with Crippen molar-refractivity contribution in [3.63, 3.8) is 0 Å². The van der Waals surface area contributed by atoms with Crippen LogP contribution < -0.4 is 0 Å². The standard InChI is InChI=1S/C19H17NO6/c21-17-15-6-5-12(19(23)26-11-14-4-2-8-25-14)9-16(15)18(22)20(17)10-13-3-1-7-24-13/h1,3,5-7,9,14H,2,4,8,10-11H2/t14-/m1/s1. The predicted octanol–water partition coefficient (Wildman–Crippen LogP) is 2.41. The average Bonchev–Trinajstić information content (AvgIpc) is 3.39. The molecule has 1 atom stereocenters. The average molecular weight is 355 g/mol. The molecule has 0 radical (unpaired) electrons. The number of hydrogen-bond donors (Lipinski definition) is 0. The summed E-state index contributed by atoms with van der Waals surface area (Å²) in [6, 6.07) is 7.78. The van der Waals surface area contributed by atoms with E-state index in [0.29, 0.717) is 12.4 Å². The first-order chi connectivity index (χ1) is 12.6. The molecule has 0 unspecified atom stereocenters. The van der Waals surface area contributed by atoms with Crippen LogP contribution in [0.1, 0.15) is 49.7 Å². The van der Waals surface area contributed by atoms with Gasteiger partial charge in [-0.25, -0.2) is 4.79 Å². The van der Waals surface area contributed by atoms with Crippen LogP contribution in [0.2, 0.25) is 0 Å². The first kappa shape index (κ1) is 16.5. The molecule has 0 bridgehead atoms. The summed E-state index contributed by atoms with van der Waals surface area (Å²) in [5.41, 5.74) is 0.716. The molecule has 2 aliphatic heterocycles. The number of hydrogen-bond acceptors (Lipinski definition) is 6. The zero-order valence-corrected chi connectivity index (χ0v) is 14.0. The Bertz CT molecular complexity index is 851. The molecule has 0 saturated carbocycles. The van der Waals surface area contributed by atoms with Crippen LogP contribution in [0.25, 0.3) is 0 Å². The summed E-state index contributed by atoms with van der Waals surface area (Å²) >= 11 is 0. The van der Waals surface area contributed by atoms with Crippen molar-refractivity contribution in [3.05, 3.63) is 59.0 Å². The highest BCUT2D eigenvalue weighted by Gasteiger charge is 2.36. The van der Waals surface area contributed by atoms with Crippen LogP contribution in [-0.4, -0.2) is 42.0 Å². The number of rotatable bonds is 5. The molecule has 2 aromatic rings. The van der Waals surface area contributed by atoms with E-state index >= 15 is 0 Å². The highest BCUT2D eigenvalue weighted by Crippen LogP contribution is 2.26. The van der Waals surface area contributed by atoms with Gasteiger partial charge in [0.15, 0.2) is 0 Å². The van der Waals surface area contributed by atoms with Crippen LogP contribution in [0.5, 0.6) is 0 Å². The molecule has 7 nitrogen and oxygen atoms in total. The van der Waals surface area contributed by atoms with Gasteiger partial charge in [-0.05, 0) is 43.2 Å². The molecule has 3 heterocycles. The van der Waals surface area contributed by atoms with Crippen molar-refractivity contribution in [3.8, 4) is 0 Å². The molecule has 0 spiro atoms. The Morgan fingerprint density at radius 2 is 2.04 bits per heavy atom. The predicted molar refractivity (Wildman–Crippen MR) is 88.6 cm³/mol. The first-order valence-electron chi connectivity index (χ1n) is 8.45. The van der Waals surface area contributed by atoms with Gasteiger partial charge in [-0.3, -0.25) is 14.5 Å². The molecule has 2 amide bonds. The van der Waals surface area contributed by atoms with Gasteiger partial charge in [-0.1, -0.05) is 0 Å². The zero-order chi connectivity index (χ0) is 18.1. The van der Waals surface area contributed by atoms with Crippen molar-refractivity contribution >= 4 is 17.8 Å². The fourth-order valence-electron chi connectivity index (χ4n) is 3.15. The lowest BCUT2D eigenvalue weighted by molar-refractivity contribution is 0.0161. The van der Waals surface area contributed by atoms with E-state index in [0.717, 1.165) is 17.7 Å². The highest BCUT2D eigenvalue weighted by atomic mass is 16.6. The Morgan fingerprint density at radius 3 is 2.77 bits per heavy atom. The van der Waals surface area contributed by atoms with Gasteiger partial charge in [0.25, 0.3) is 11.8 Å². The summed E-state index contributed by atoms with van der Waals surface area (Å²) in [4.78, 5) is 38.3. The van der Waals surface area contributed by atoms with Crippen LogP contribution >= 0.6 is 0 Å². The third kappa shape index (κ3) is 3.01. The second-order valence-corrected chi connectivity index (χ2v) is 6.27. The van der Waals surface area contributed by atoms with Crippen molar-refractivity contribution in [2.24, 2.45) is 0 Å². The van der Waals surface area contributed by atoms with Crippen molar-refractivity contribution < 1.29 is 28.3 Å². The molecule has 0 N–H and O–H groups in total. The van der Waals surface area contributed by atoms with Gasteiger partial charge in [0.05, 0.1) is 35.6 Å². The Balaban J connectivity index is 1.49. The third-order valence-corrected chi connectivity index (χ3v) is 4.52. The van der Waals surface area contributed by atoms with Crippen LogP contribution in [0.3, 0.4) is 0 Å². The van der Waals surface area contributed by atoms with Gasteiger partial charge in [0, 0.05) is 6.61 Å². The lowest BCUT2D eigenvalue weighted by atomic mass is 10.1. The van der Waals surface area contributed by atoms with E-state index in [1.807, 2.05) is 0 Å². The van der Waals surface area contributed by atoms with Crippen LogP contribution in [-0.2, 0) is 16.0 Å². The molecule has 4 rings (SSSR count). The second kappa shape index (κ2) is 6.76. The summed E-state index contributed by atoms with van der Waals surface area (Å²) in [5.74, 6) is -0.875. The minimum absolute atomic E-state index is 0.0537. The summed E-state index contributed by atoms with van der Waals surface area (Å²) < 4.78 is 15.9. The first-order valence-corrected chi connectivity index (χ1v) is 8.45. The van der Waals surface area contributed by atoms with E-state index < -0.39 is 17.8 Å². The Morgan fingerprint density at radius 1 is 1.19 bits per heavy atom. The number of imide groups is 1. The molecule has 1 saturated heterocycles. The Hall–Kier alpha value is -2.93. The maximum absolute atomic E-state index is 12.6. The lowest BCUT2D eigenvalue weighted by Crippen LogP contribution is -2.28. The van der Waals surface area contributed by atoms with Crippen LogP contribution in [0.15, 0.2) is 41.0 Å². The number of amides is 2. The molecule has 7 heteroatoms. The minimum Gasteiger partial charge on any atom is -0.467 e. The van der Waals surface area contributed by atoms with E-state index in [1.54, 1.807) is 12.1 Å². The fourth-order valence-corrected chi connectivity index (χ4v) is 3.15. The normalized spacial score (nSPS) is 19.1. The van der Waals surface area contributed by atoms with E-state index in [4.69, 9.17) is 13.9 Å². The Labute approximate surface area is 149 Å². The molecule has 134 valence electrons. The minimum atomic E-state index is -0.534. The third-order valence-electron chi connectivity index (χ3n) is 4.52. The largest absolute Gasteiger partial charge is 0.467 e. The van der Waals surface area contributed by atoms with E-state index in [2.05, 4.69) is 0 Å². The number of benzene rings is 1. The number of esters is 1. The van der Waals surface area contributed by atoms with E-state index in [1.165, 1.54) is 24.5 Å². The van der Waals surface area contributed by atoms with Gasteiger partial charge in [-0.15, -0.1) is 0 Å².